The minimum atomic E-state index is -0.443. The van der Waals surface area contributed by atoms with Crippen molar-refractivity contribution in [2.45, 2.75) is 32.7 Å². The lowest BCUT2D eigenvalue weighted by Gasteiger charge is -2.26. The van der Waals surface area contributed by atoms with Crippen LogP contribution in [-0.2, 0) is 0 Å². The first kappa shape index (κ1) is 22.0. The Morgan fingerprint density at radius 1 is 1.15 bits per heavy atom. The molecule has 0 spiro atoms. The van der Waals surface area contributed by atoms with E-state index in [1.807, 2.05) is 29.1 Å². The second kappa shape index (κ2) is 8.85. The van der Waals surface area contributed by atoms with Crippen molar-refractivity contribution in [2.24, 2.45) is 5.92 Å². The molecule has 1 N–H and O–H groups in total. The summed E-state index contributed by atoms with van der Waals surface area (Å²) in [7, 11) is 1.54. The van der Waals surface area contributed by atoms with Crippen molar-refractivity contribution in [1.82, 2.24) is 25.1 Å². The zero-order valence-corrected chi connectivity index (χ0v) is 19.5. The maximum atomic E-state index is 14.5. The van der Waals surface area contributed by atoms with Crippen LogP contribution in [0.3, 0.4) is 0 Å². The van der Waals surface area contributed by atoms with E-state index >= 15 is 0 Å². The summed E-state index contributed by atoms with van der Waals surface area (Å²) in [4.78, 5) is 23.7. The third-order valence-corrected chi connectivity index (χ3v) is 6.09. The molecular formula is C26H27FN6O. The van der Waals surface area contributed by atoms with Crippen molar-refractivity contribution in [1.29, 1.82) is 0 Å². The molecule has 0 aliphatic heterocycles. The van der Waals surface area contributed by atoms with Gasteiger partial charge in [0.15, 0.2) is 0 Å². The smallest absolute Gasteiger partial charge is 0.251 e. The molecule has 0 saturated heterocycles. The van der Waals surface area contributed by atoms with Crippen LogP contribution in [0.5, 0.6) is 0 Å². The summed E-state index contributed by atoms with van der Waals surface area (Å²) < 4.78 is 16.4. The van der Waals surface area contributed by atoms with Gasteiger partial charge in [0.25, 0.3) is 5.91 Å². The number of benzene rings is 2. The number of nitrogens with one attached hydrogen (secondary N) is 1. The van der Waals surface area contributed by atoms with Crippen LogP contribution in [0.2, 0.25) is 0 Å². The molecule has 0 atom stereocenters. The molecule has 0 radical (unpaired) electrons. The van der Waals surface area contributed by atoms with E-state index in [9.17, 15) is 9.18 Å². The molecule has 4 aromatic rings. The zero-order chi connectivity index (χ0) is 23.8. The van der Waals surface area contributed by atoms with Crippen LogP contribution in [0.1, 0.15) is 43.1 Å². The largest absolute Gasteiger partial charge is 0.355 e. The number of halogens is 1. The Bertz CT molecular complexity index is 1360. The van der Waals surface area contributed by atoms with Crippen LogP contribution < -0.4 is 10.2 Å². The maximum Gasteiger partial charge on any atom is 0.251 e. The van der Waals surface area contributed by atoms with E-state index in [2.05, 4.69) is 34.1 Å². The van der Waals surface area contributed by atoms with Crippen molar-refractivity contribution in [3.63, 3.8) is 0 Å². The number of nitrogens with zero attached hydrogens (tertiary/aromatic N) is 5. The number of rotatable bonds is 7. The van der Waals surface area contributed by atoms with Gasteiger partial charge in [-0.3, -0.25) is 14.5 Å². The third kappa shape index (κ3) is 4.48. The van der Waals surface area contributed by atoms with Crippen molar-refractivity contribution >= 4 is 28.3 Å². The third-order valence-electron chi connectivity index (χ3n) is 6.09. The molecule has 174 valence electrons. The summed E-state index contributed by atoms with van der Waals surface area (Å²) in [6.07, 6.45) is 7.81. The van der Waals surface area contributed by atoms with Gasteiger partial charge in [-0.15, -0.1) is 0 Å². The first-order valence-electron chi connectivity index (χ1n) is 11.5. The summed E-state index contributed by atoms with van der Waals surface area (Å²) >= 11 is 0. The molecule has 5 rings (SSSR count). The van der Waals surface area contributed by atoms with Gasteiger partial charge in [-0.25, -0.2) is 9.37 Å². The van der Waals surface area contributed by atoms with Gasteiger partial charge in [-0.05, 0) is 69.0 Å². The molecule has 1 amide bonds. The highest BCUT2D eigenvalue weighted by Gasteiger charge is 2.26. The minimum Gasteiger partial charge on any atom is -0.355 e. The molecule has 1 aliphatic rings. The summed E-state index contributed by atoms with van der Waals surface area (Å²) in [6, 6.07) is 10.6. The van der Waals surface area contributed by atoms with Crippen LogP contribution in [0.4, 0.5) is 15.8 Å². The number of anilines is 2. The number of carbonyl (C=O) groups excluding carboxylic acids is 1. The molecule has 0 unspecified atom stereocenters. The Morgan fingerprint density at radius 2 is 1.97 bits per heavy atom. The summed E-state index contributed by atoms with van der Waals surface area (Å²) in [5.74, 6) is -0.216. The van der Waals surface area contributed by atoms with E-state index in [1.165, 1.54) is 12.1 Å². The zero-order valence-electron chi connectivity index (χ0n) is 19.5. The van der Waals surface area contributed by atoms with E-state index in [4.69, 9.17) is 4.98 Å². The molecule has 2 aromatic heterocycles. The molecule has 1 saturated carbocycles. The molecule has 8 heteroatoms. The van der Waals surface area contributed by atoms with Gasteiger partial charge < -0.3 is 10.2 Å². The first-order chi connectivity index (χ1) is 16.4. The molecule has 34 heavy (non-hydrogen) atoms. The van der Waals surface area contributed by atoms with Crippen LogP contribution in [0, 0.1) is 11.7 Å². The Balaban J connectivity index is 1.55. The lowest BCUT2D eigenvalue weighted by molar-refractivity contribution is 0.0962. The van der Waals surface area contributed by atoms with Crippen molar-refractivity contribution in [3.8, 4) is 11.3 Å². The first-order valence-corrected chi connectivity index (χ1v) is 11.5. The van der Waals surface area contributed by atoms with Crippen LogP contribution in [0.25, 0.3) is 22.3 Å². The van der Waals surface area contributed by atoms with Gasteiger partial charge in [0.2, 0.25) is 0 Å². The molecule has 0 bridgehead atoms. The fourth-order valence-corrected chi connectivity index (χ4v) is 3.98. The standard InChI is InChI=1S/C26H27FN6O/c1-16(2)33-15-19(12-30-33)25-13-29-23-7-6-21(11-24(23)31-25)32(14-17-4-5-17)22-9-18(26(34)28-3)8-20(27)10-22/h6-13,15-17H,4-5,14H2,1-3H3,(H,28,34). The quantitative estimate of drug-likeness (QED) is 0.416. The Morgan fingerprint density at radius 3 is 2.68 bits per heavy atom. The fraction of sp³-hybridized carbons (Fsp3) is 0.308. The number of hydrogen-bond acceptors (Lipinski definition) is 5. The number of amides is 1. The summed E-state index contributed by atoms with van der Waals surface area (Å²) in [5.41, 5.74) is 5.01. The molecule has 2 aromatic carbocycles. The lowest BCUT2D eigenvalue weighted by Crippen LogP contribution is -2.22. The second-order valence-electron chi connectivity index (χ2n) is 9.06. The van der Waals surface area contributed by atoms with Gasteiger partial charge in [0, 0.05) is 48.3 Å². The second-order valence-corrected chi connectivity index (χ2v) is 9.06. The van der Waals surface area contributed by atoms with Gasteiger partial charge in [-0.2, -0.15) is 5.10 Å². The normalized spacial score (nSPS) is 13.4. The Kier molecular flexibility index (Phi) is 5.73. The van der Waals surface area contributed by atoms with E-state index in [1.54, 1.807) is 25.5 Å². The maximum absolute atomic E-state index is 14.5. The number of aromatic nitrogens is 4. The van der Waals surface area contributed by atoms with E-state index in [0.29, 0.717) is 17.2 Å². The lowest BCUT2D eigenvalue weighted by atomic mass is 10.1. The summed E-state index contributed by atoms with van der Waals surface area (Å²) in [5, 5.41) is 6.98. The monoisotopic (exact) mass is 458 g/mol. The number of fused-ring (bicyclic) bond motifs is 1. The van der Waals surface area contributed by atoms with Gasteiger partial charge in [0.05, 0.1) is 29.1 Å². The molecular weight excluding hydrogens is 431 g/mol. The van der Waals surface area contributed by atoms with Crippen molar-refractivity contribution in [3.05, 3.63) is 66.4 Å². The van der Waals surface area contributed by atoms with Gasteiger partial charge in [0.1, 0.15) is 5.82 Å². The fourth-order valence-electron chi connectivity index (χ4n) is 3.98. The van der Waals surface area contributed by atoms with Crippen molar-refractivity contribution in [2.75, 3.05) is 18.5 Å². The van der Waals surface area contributed by atoms with E-state index in [0.717, 1.165) is 47.4 Å². The van der Waals surface area contributed by atoms with Crippen molar-refractivity contribution < 1.29 is 9.18 Å². The highest BCUT2D eigenvalue weighted by molar-refractivity contribution is 5.95. The van der Waals surface area contributed by atoms with Gasteiger partial charge >= 0.3 is 0 Å². The molecule has 7 nitrogen and oxygen atoms in total. The molecule has 1 fully saturated rings. The SMILES string of the molecule is CNC(=O)c1cc(F)cc(N(CC2CC2)c2ccc3ncc(-c4cnn(C(C)C)c4)nc3c2)c1. The van der Waals surface area contributed by atoms with E-state index in [-0.39, 0.29) is 11.9 Å². The summed E-state index contributed by atoms with van der Waals surface area (Å²) in [6.45, 7) is 4.90. The highest BCUT2D eigenvalue weighted by atomic mass is 19.1. The minimum absolute atomic E-state index is 0.260. The predicted molar refractivity (Wildman–Crippen MR) is 131 cm³/mol. The highest BCUT2D eigenvalue weighted by Crippen LogP contribution is 2.36. The number of hydrogen-bond donors (Lipinski definition) is 1. The number of carbonyl (C=O) groups is 1. The average Bonchev–Trinajstić information content (AvgIpc) is 3.52. The Hall–Kier alpha value is -3.81. The molecule has 1 aliphatic carbocycles. The predicted octanol–water partition coefficient (Wildman–Crippen LogP) is 5.12. The van der Waals surface area contributed by atoms with Crippen LogP contribution in [-0.4, -0.2) is 39.2 Å². The molecule has 2 heterocycles. The van der Waals surface area contributed by atoms with Gasteiger partial charge in [-0.1, -0.05) is 0 Å². The topological polar surface area (TPSA) is 75.9 Å². The Labute approximate surface area is 197 Å². The van der Waals surface area contributed by atoms with E-state index < -0.39 is 5.82 Å². The van der Waals surface area contributed by atoms with Crippen LogP contribution in [0.15, 0.2) is 55.0 Å². The van der Waals surface area contributed by atoms with Crippen LogP contribution >= 0.6 is 0 Å². The average molecular weight is 459 g/mol.